The van der Waals surface area contributed by atoms with Crippen LogP contribution in [-0.4, -0.2) is 48.8 Å². The SMILES string of the molecule is CC(C)n1nc(N2CCC(O)CC2)c(S(C)(=O)=O)c1N. The molecule has 0 radical (unpaired) electrons. The number of aliphatic hydroxyl groups excluding tert-OH is 1. The molecule has 2 heterocycles. The van der Waals surface area contributed by atoms with Gasteiger partial charge in [0.25, 0.3) is 0 Å². The highest BCUT2D eigenvalue weighted by Gasteiger charge is 2.30. The van der Waals surface area contributed by atoms with Crippen LogP contribution in [0.15, 0.2) is 4.90 Å². The molecule has 0 aromatic carbocycles. The summed E-state index contributed by atoms with van der Waals surface area (Å²) >= 11 is 0. The largest absolute Gasteiger partial charge is 0.393 e. The molecular formula is C12H22N4O3S. The fourth-order valence-electron chi connectivity index (χ4n) is 2.45. The average Bonchev–Trinajstić information content (AvgIpc) is 2.67. The van der Waals surface area contributed by atoms with E-state index in [9.17, 15) is 13.5 Å². The maximum Gasteiger partial charge on any atom is 0.182 e. The quantitative estimate of drug-likeness (QED) is 0.838. The first-order valence-electron chi connectivity index (χ1n) is 6.73. The first-order valence-corrected chi connectivity index (χ1v) is 8.62. The molecule has 1 aromatic rings. The third kappa shape index (κ3) is 2.76. The number of hydrogen-bond acceptors (Lipinski definition) is 6. The Hall–Kier alpha value is -1.28. The van der Waals surface area contributed by atoms with Crippen LogP contribution in [0.5, 0.6) is 0 Å². The molecule has 2 rings (SSSR count). The van der Waals surface area contributed by atoms with Crippen molar-refractivity contribution < 1.29 is 13.5 Å². The molecule has 7 nitrogen and oxygen atoms in total. The summed E-state index contributed by atoms with van der Waals surface area (Å²) in [4.78, 5) is 1.99. The van der Waals surface area contributed by atoms with Crippen LogP contribution < -0.4 is 10.6 Å². The van der Waals surface area contributed by atoms with Gasteiger partial charge in [-0.15, -0.1) is 0 Å². The Balaban J connectivity index is 2.49. The normalized spacial score (nSPS) is 17.9. The van der Waals surface area contributed by atoms with E-state index in [1.54, 1.807) is 0 Å². The summed E-state index contributed by atoms with van der Waals surface area (Å²) in [6, 6.07) is -0.0142. The number of nitrogen functional groups attached to an aromatic ring is 1. The van der Waals surface area contributed by atoms with E-state index in [1.165, 1.54) is 4.68 Å². The Bertz CT molecular complexity index is 586. The second-order valence-electron chi connectivity index (χ2n) is 5.57. The molecule has 0 atom stereocenters. The van der Waals surface area contributed by atoms with Gasteiger partial charge in [0.15, 0.2) is 20.6 Å². The zero-order chi connectivity index (χ0) is 15.1. The van der Waals surface area contributed by atoms with Crippen LogP contribution in [-0.2, 0) is 9.84 Å². The highest BCUT2D eigenvalue weighted by atomic mass is 32.2. The topological polar surface area (TPSA) is 101 Å². The van der Waals surface area contributed by atoms with Gasteiger partial charge in [-0.3, -0.25) is 0 Å². The highest BCUT2D eigenvalue weighted by Crippen LogP contribution is 2.33. The predicted molar refractivity (Wildman–Crippen MR) is 77.6 cm³/mol. The van der Waals surface area contributed by atoms with E-state index in [1.807, 2.05) is 18.7 Å². The van der Waals surface area contributed by atoms with Gasteiger partial charge in [0.05, 0.1) is 6.10 Å². The second kappa shape index (κ2) is 5.25. The molecule has 3 N–H and O–H groups in total. The fourth-order valence-corrected chi connectivity index (χ4v) is 3.43. The van der Waals surface area contributed by atoms with Crippen LogP contribution in [0, 0.1) is 0 Å². The van der Waals surface area contributed by atoms with Crippen molar-refractivity contribution in [1.29, 1.82) is 0 Å². The molecule has 0 unspecified atom stereocenters. The van der Waals surface area contributed by atoms with Gasteiger partial charge < -0.3 is 15.7 Å². The van der Waals surface area contributed by atoms with Crippen molar-refractivity contribution in [2.45, 2.75) is 43.7 Å². The third-order valence-corrected chi connectivity index (χ3v) is 4.64. The molecule has 0 aliphatic carbocycles. The van der Waals surface area contributed by atoms with Crippen molar-refractivity contribution in [1.82, 2.24) is 9.78 Å². The molecule has 0 amide bonds. The highest BCUT2D eigenvalue weighted by molar-refractivity contribution is 7.91. The van der Waals surface area contributed by atoms with Gasteiger partial charge >= 0.3 is 0 Å². The maximum atomic E-state index is 12.0. The van der Waals surface area contributed by atoms with Crippen LogP contribution in [0.1, 0.15) is 32.7 Å². The molecular weight excluding hydrogens is 280 g/mol. The van der Waals surface area contributed by atoms with E-state index in [0.29, 0.717) is 31.7 Å². The molecule has 1 aliphatic heterocycles. The first kappa shape index (κ1) is 15.1. The van der Waals surface area contributed by atoms with Crippen molar-refractivity contribution in [3.63, 3.8) is 0 Å². The maximum absolute atomic E-state index is 12.0. The average molecular weight is 302 g/mol. The minimum absolute atomic E-state index is 0.0142. The summed E-state index contributed by atoms with van der Waals surface area (Å²) in [6.07, 6.45) is 2.04. The lowest BCUT2D eigenvalue weighted by atomic mass is 10.1. The molecule has 114 valence electrons. The molecule has 1 aromatic heterocycles. The van der Waals surface area contributed by atoms with Crippen molar-refractivity contribution in [3.8, 4) is 0 Å². The van der Waals surface area contributed by atoms with Crippen molar-refractivity contribution in [2.75, 3.05) is 30.0 Å². The number of nitrogens with two attached hydrogens (primary N) is 1. The molecule has 0 bridgehead atoms. The number of sulfone groups is 1. The Kier molecular flexibility index (Phi) is 3.97. The molecule has 8 heteroatoms. The van der Waals surface area contributed by atoms with Gasteiger partial charge in [0.1, 0.15) is 5.82 Å². The smallest absolute Gasteiger partial charge is 0.182 e. The van der Waals surface area contributed by atoms with Crippen molar-refractivity contribution >= 4 is 21.5 Å². The van der Waals surface area contributed by atoms with E-state index >= 15 is 0 Å². The van der Waals surface area contributed by atoms with Crippen LogP contribution in [0.2, 0.25) is 0 Å². The zero-order valence-electron chi connectivity index (χ0n) is 12.1. The molecule has 0 saturated carbocycles. The molecule has 1 saturated heterocycles. The first-order chi connectivity index (χ1) is 9.21. The summed E-state index contributed by atoms with van der Waals surface area (Å²) in [5.74, 6) is 0.592. The van der Waals surface area contributed by atoms with E-state index in [-0.39, 0.29) is 22.9 Å². The zero-order valence-corrected chi connectivity index (χ0v) is 12.9. The number of piperidine rings is 1. The number of aliphatic hydroxyl groups is 1. The van der Waals surface area contributed by atoms with Crippen molar-refractivity contribution in [2.24, 2.45) is 0 Å². The number of rotatable bonds is 3. The summed E-state index contributed by atoms with van der Waals surface area (Å²) < 4.78 is 25.6. The molecule has 1 fully saturated rings. The number of nitrogens with zero attached hydrogens (tertiary/aromatic N) is 3. The minimum atomic E-state index is -3.45. The van der Waals surface area contributed by atoms with Crippen LogP contribution in [0.3, 0.4) is 0 Å². The Morgan fingerprint density at radius 3 is 2.35 bits per heavy atom. The predicted octanol–water partition coefficient (Wildman–Crippen LogP) is 0.411. The van der Waals surface area contributed by atoms with E-state index in [2.05, 4.69) is 5.10 Å². The second-order valence-corrected chi connectivity index (χ2v) is 7.52. The number of anilines is 2. The molecule has 20 heavy (non-hydrogen) atoms. The van der Waals surface area contributed by atoms with E-state index in [4.69, 9.17) is 5.73 Å². The minimum Gasteiger partial charge on any atom is -0.393 e. The Labute approximate surface area is 119 Å². The summed E-state index contributed by atoms with van der Waals surface area (Å²) in [7, 11) is -3.45. The molecule has 0 spiro atoms. The van der Waals surface area contributed by atoms with Gasteiger partial charge in [-0.05, 0) is 26.7 Å². The van der Waals surface area contributed by atoms with Crippen LogP contribution >= 0.6 is 0 Å². The monoisotopic (exact) mass is 302 g/mol. The van der Waals surface area contributed by atoms with E-state index in [0.717, 1.165) is 6.26 Å². The summed E-state index contributed by atoms with van der Waals surface area (Å²) in [5, 5.41) is 13.9. The number of aromatic nitrogens is 2. The van der Waals surface area contributed by atoms with Crippen molar-refractivity contribution in [3.05, 3.63) is 0 Å². The van der Waals surface area contributed by atoms with Gasteiger partial charge in [-0.25, -0.2) is 13.1 Å². The summed E-state index contributed by atoms with van der Waals surface area (Å²) in [5.41, 5.74) is 5.97. The van der Waals surface area contributed by atoms with Gasteiger partial charge in [-0.1, -0.05) is 0 Å². The van der Waals surface area contributed by atoms with Gasteiger partial charge in [0, 0.05) is 25.4 Å². The van der Waals surface area contributed by atoms with Crippen LogP contribution in [0.25, 0.3) is 0 Å². The Morgan fingerprint density at radius 1 is 1.35 bits per heavy atom. The third-order valence-electron chi connectivity index (χ3n) is 3.51. The lowest BCUT2D eigenvalue weighted by Crippen LogP contribution is -2.36. The fraction of sp³-hybridized carbons (Fsp3) is 0.750. The lowest BCUT2D eigenvalue weighted by Gasteiger charge is -2.30. The van der Waals surface area contributed by atoms with E-state index < -0.39 is 9.84 Å². The number of hydrogen-bond donors (Lipinski definition) is 2. The lowest BCUT2D eigenvalue weighted by molar-refractivity contribution is 0.145. The van der Waals surface area contributed by atoms with Gasteiger partial charge in [-0.2, -0.15) is 5.10 Å². The molecule has 1 aliphatic rings. The standard InChI is InChI=1S/C12H22N4O3S/c1-8(2)16-11(13)10(20(3,18)19)12(14-16)15-6-4-9(17)5-7-15/h8-9,17H,4-7,13H2,1-3H3. The van der Waals surface area contributed by atoms with Gasteiger partial charge in [0.2, 0.25) is 0 Å². The Morgan fingerprint density at radius 2 is 1.90 bits per heavy atom. The summed E-state index contributed by atoms with van der Waals surface area (Å²) in [6.45, 7) is 4.97. The van der Waals surface area contributed by atoms with Crippen LogP contribution in [0.4, 0.5) is 11.6 Å².